The van der Waals surface area contributed by atoms with Gasteiger partial charge in [0, 0.05) is 13.1 Å². The monoisotopic (exact) mass is 541 g/mol. The van der Waals surface area contributed by atoms with E-state index in [0.717, 1.165) is 17.4 Å². The lowest BCUT2D eigenvalue weighted by atomic mass is 10.0. The predicted octanol–water partition coefficient (Wildman–Crippen LogP) is 12.5. The summed E-state index contributed by atoms with van der Waals surface area (Å²) in [5, 5.41) is 0. The molecule has 0 aliphatic heterocycles. The van der Waals surface area contributed by atoms with Gasteiger partial charge in [-0.1, -0.05) is 193 Å². The molecule has 0 spiro atoms. The van der Waals surface area contributed by atoms with E-state index in [1.54, 1.807) is 0 Å². The molecule has 0 saturated heterocycles. The summed E-state index contributed by atoms with van der Waals surface area (Å²) in [7, 11) is 0. The van der Waals surface area contributed by atoms with Gasteiger partial charge < -0.3 is 4.90 Å². The van der Waals surface area contributed by atoms with Crippen molar-refractivity contribution in [2.75, 3.05) is 13.1 Å². The third-order valence-electron chi connectivity index (χ3n) is 7.83. The molecule has 0 atom stereocenters. The number of hydrogen-bond acceptors (Lipinski definition) is 1. The first-order valence-electron chi connectivity index (χ1n) is 16.7. The topological polar surface area (TPSA) is 3.24 Å². The average Bonchev–Trinajstić information content (AvgIpc) is 2.87. The minimum atomic E-state index is 0.805. The molecule has 0 N–H and O–H groups in total. The summed E-state index contributed by atoms with van der Waals surface area (Å²) in [5.41, 5.74) is 0. The lowest BCUT2D eigenvalue weighted by molar-refractivity contribution is 0.394. The average molecular weight is 542 g/mol. The molecule has 0 rings (SSSR count). The Balaban J connectivity index is 3.39. The van der Waals surface area contributed by atoms with E-state index in [1.807, 2.05) is 0 Å². The molecular formula is C33H67NS2. The van der Waals surface area contributed by atoms with Crippen molar-refractivity contribution in [1.29, 1.82) is 0 Å². The molecule has 0 radical (unpaired) electrons. The molecule has 0 unspecified atom stereocenters. The lowest BCUT2D eigenvalue weighted by Crippen LogP contribution is -2.28. The van der Waals surface area contributed by atoms with Crippen LogP contribution in [-0.4, -0.2) is 22.3 Å². The van der Waals surface area contributed by atoms with Gasteiger partial charge in [0.1, 0.15) is 4.32 Å². The Morgan fingerprint density at radius 1 is 0.389 bits per heavy atom. The van der Waals surface area contributed by atoms with Crippen LogP contribution in [0.15, 0.2) is 0 Å². The summed E-state index contributed by atoms with van der Waals surface area (Å²) in [4.78, 5) is 2.35. The second kappa shape index (κ2) is 31.5. The molecular weight excluding hydrogens is 475 g/mol. The van der Waals surface area contributed by atoms with Gasteiger partial charge >= 0.3 is 0 Å². The number of thiol groups is 1. The highest BCUT2D eigenvalue weighted by Gasteiger charge is 2.06. The Morgan fingerprint density at radius 2 is 0.583 bits per heavy atom. The number of hydrogen-bond donors (Lipinski definition) is 1. The van der Waals surface area contributed by atoms with Crippen LogP contribution in [0.1, 0.15) is 194 Å². The van der Waals surface area contributed by atoms with Crippen molar-refractivity contribution in [3.8, 4) is 0 Å². The zero-order valence-corrected chi connectivity index (χ0v) is 26.7. The number of thiocarbonyl (C=S) groups is 1. The van der Waals surface area contributed by atoms with Gasteiger partial charge in [0.25, 0.3) is 0 Å². The fraction of sp³-hybridized carbons (Fsp3) is 0.970. The molecule has 216 valence electrons. The first-order valence-corrected chi connectivity index (χ1v) is 17.6. The largest absolute Gasteiger partial charge is 0.358 e. The van der Waals surface area contributed by atoms with Gasteiger partial charge in [-0.2, -0.15) is 0 Å². The van der Waals surface area contributed by atoms with Crippen LogP contribution in [0.3, 0.4) is 0 Å². The van der Waals surface area contributed by atoms with E-state index in [4.69, 9.17) is 12.2 Å². The Kier molecular flexibility index (Phi) is 31.7. The summed E-state index contributed by atoms with van der Waals surface area (Å²) in [6.07, 6.45) is 39.7. The van der Waals surface area contributed by atoms with Crippen LogP contribution >= 0.6 is 24.8 Å². The molecule has 0 aliphatic carbocycles. The van der Waals surface area contributed by atoms with E-state index in [9.17, 15) is 0 Å². The van der Waals surface area contributed by atoms with E-state index in [0.29, 0.717) is 0 Å². The number of rotatable bonds is 30. The quantitative estimate of drug-likeness (QED) is 0.0547. The highest BCUT2D eigenvalue weighted by Crippen LogP contribution is 2.15. The summed E-state index contributed by atoms with van der Waals surface area (Å²) in [5.74, 6) is 0. The van der Waals surface area contributed by atoms with Crippen molar-refractivity contribution in [3.63, 3.8) is 0 Å². The normalized spacial score (nSPS) is 11.3. The zero-order chi connectivity index (χ0) is 26.4. The molecule has 0 amide bonds. The van der Waals surface area contributed by atoms with E-state index >= 15 is 0 Å². The minimum absolute atomic E-state index is 0.805. The zero-order valence-electron chi connectivity index (χ0n) is 25.0. The van der Waals surface area contributed by atoms with Crippen LogP contribution in [0.25, 0.3) is 0 Å². The van der Waals surface area contributed by atoms with Crippen LogP contribution in [0, 0.1) is 0 Å². The third kappa shape index (κ3) is 28.8. The van der Waals surface area contributed by atoms with Crippen molar-refractivity contribution < 1.29 is 0 Å². The summed E-state index contributed by atoms with van der Waals surface area (Å²) in [6.45, 7) is 6.82. The van der Waals surface area contributed by atoms with E-state index in [-0.39, 0.29) is 0 Å². The molecule has 36 heavy (non-hydrogen) atoms. The Hall–Kier alpha value is 0.240. The van der Waals surface area contributed by atoms with Gasteiger partial charge in [-0.3, -0.25) is 0 Å². The lowest BCUT2D eigenvalue weighted by Gasteiger charge is -2.22. The second-order valence-corrected chi connectivity index (χ2v) is 12.6. The van der Waals surface area contributed by atoms with Gasteiger partial charge in [0.15, 0.2) is 0 Å². The van der Waals surface area contributed by atoms with Crippen molar-refractivity contribution in [2.45, 2.75) is 194 Å². The Morgan fingerprint density at radius 3 is 0.778 bits per heavy atom. The first-order chi connectivity index (χ1) is 17.7. The molecule has 3 heteroatoms. The van der Waals surface area contributed by atoms with Crippen molar-refractivity contribution in [3.05, 3.63) is 0 Å². The maximum absolute atomic E-state index is 5.41. The summed E-state index contributed by atoms with van der Waals surface area (Å²) < 4.78 is 0.805. The molecule has 0 heterocycles. The maximum atomic E-state index is 5.41. The SMILES string of the molecule is CCCCCCCCCCCCCCCCN(CCCCCCCCCCCCCCCC)C(=S)S. The highest BCUT2D eigenvalue weighted by molar-refractivity contribution is 8.10. The van der Waals surface area contributed by atoms with Crippen LogP contribution < -0.4 is 0 Å². The minimum Gasteiger partial charge on any atom is -0.358 e. The molecule has 0 aromatic heterocycles. The molecule has 0 aromatic rings. The van der Waals surface area contributed by atoms with Crippen LogP contribution in [0.4, 0.5) is 0 Å². The second-order valence-electron chi connectivity index (χ2n) is 11.5. The van der Waals surface area contributed by atoms with Gasteiger partial charge in [0.05, 0.1) is 0 Å². The summed E-state index contributed by atoms with van der Waals surface area (Å²) >= 11 is 9.90. The van der Waals surface area contributed by atoms with Crippen LogP contribution in [-0.2, 0) is 0 Å². The number of nitrogens with zero attached hydrogens (tertiary/aromatic N) is 1. The van der Waals surface area contributed by atoms with Crippen LogP contribution in [0.5, 0.6) is 0 Å². The maximum Gasteiger partial charge on any atom is 0.133 e. The smallest absolute Gasteiger partial charge is 0.133 e. The van der Waals surface area contributed by atoms with Gasteiger partial charge in [-0.15, -0.1) is 12.6 Å². The standard InChI is InChI=1S/C33H67NS2/c1-3-5-7-9-11-13-15-17-19-21-23-25-27-29-31-34(33(35)36)32-30-28-26-24-22-20-18-16-14-12-10-8-6-4-2/h3-32H2,1-2H3,(H,35,36). The van der Waals surface area contributed by atoms with Gasteiger partial charge in [0.2, 0.25) is 0 Å². The molecule has 0 saturated carbocycles. The molecule has 0 fully saturated rings. The third-order valence-corrected chi connectivity index (χ3v) is 8.37. The molecule has 0 aromatic carbocycles. The number of unbranched alkanes of at least 4 members (excludes halogenated alkanes) is 26. The fourth-order valence-electron chi connectivity index (χ4n) is 5.30. The Labute approximate surface area is 240 Å². The summed E-state index contributed by atoms with van der Waals surface area (Å²) in [6, 6.07) is 0. The van der Waals surface area contributed by atoms with E-state index in [2.05, 4.69) is 31.4 Å². The highest BCUT2D eigenvalue weighted by atomic mass is 32.1. The Bertz CT molecular complexity index is 394. The van der Waals surface area contributed by atoms with Crippen LogP contribution in [0.2, 0.25) is 0 Å². The van der Waals surface area contributed by atoms with E-state index < -0.39 is 0 Å². The first kappa shape index (κ1) is 36.2. The fourth-order valence-corrected chi connectivity index (χ4v) is 5.68. The van der Waals surface area contributed by atoms with Crippen molar-refractivity contribution >= 4 is 29.2 Å². The molecule has 1 nitrogen and oxygen atoms in total. The molecule has 0 bridgehead atoms. The van der Waals surface area contributed by atoms with Gasteiger partial charge in [-0.25, -0.2) is 0 Å². The molecule has 0 aliphatic rings. The van der Waals surface area contributed by atoms with Crippen molar-refractivity contribution in [2.24, 2.45) is 0 Å². The van der Waals surface area contributed by atoms with Gasteiger partial charge in [-0.05, 0) is 12.8 Å². The van der Waals surface area contributed by atoms with E-state index in [1.165, 1.54) is 180 Å². The predicted molar refractivity (Wildman–Crippen MR) is 174 cm³/mol. The van der Waals surface area contributed by atoms with Crippen molar-refractivity contribution in [1.82, 2.24) is 4.90 Å².